The van der Waals surface area contributed by atoms with Crippen molar-refractivity contribution < 1.29 is 9.53 Å². The molecule has 1 aliphatic heterocycles. The number of aryl methyl sites for hydroxylation is 2. The van der Waals surface area contributed by atoms with Crippen molar-refractivity contribution in [1.29, 1.82) is 0 Å². The molecule has 1 aromatic heterocycles. The number of guanidine groups is 1. The van der Waals surface area contributed by atoms with Crippen molar-refractivity contribution in [1.82, 2.24) is 15.2 Å². The highest BCUT2D eigenvalue weighted by molar-refractivity contribution is 14.0. The first kappa shape index (κ1) is 22.1. The van der Waals surface area contributed by atoms with Gasteiger partial charge in [-0.1, -0.05) is 0 Å². The van der Waals surface area contributed by atoms with E-state index in [2.05, 4.69) is 25.6 Å². The molecule has 0 spiro atoms. The molecular weight excluding hydrogens is 451 g/mol. The zero-order valence-corrected chi connectivity index (χ0v) is 18.4. The molecule has 0 radical (unpaired) electrons. The van der Waals surface area contributed by atoms with Crippen LogP contribution < -0.4 is 5.32 Å². The van der Waals surface area contributed by atoms with Crippen LogP contribution in [0, 0.1) is 12.8 Å². The third-order valence-electron chi connectivity index (χ3n) is 4.14. The predicted molar refractivity (Wildman–Crippen MR) is 113 cm³/mol. The van der Waals surface area contributed by atoms with Crippen molar-refractivity contribution in [2.24, 2.45) is 10.9 Å². The summed E-state index contributed by atoms with van der Waals surface area (Å²) in [6.07, 6.45) is 3.69. The van der Waals surface area contributed by atoms with E-state index in [1.165, 1.54) is 5.01 Å². The number of nitrogens with one attached hydrogen (secondary N) is 1. The Morgan fingerprint density at radius 1 is 1.48 bits per heavy atom. The van der Waals surface area contributed by atoms with Crippen molar-refractivity contribution in [2.45, 2.75) is 39.5 Å². The molecular formula is C17H29IN4O2S. The maximum Gasteiger partial charge on any atom is 0.309 e. The summed E-state index contributed by atoms with van der Waals surface area (Å²) in [5.74, 6) is 0.902. The number of nitrogens with zero attached hydrogens (tertiary/aromatic N) is 3. The van der Waals surface area contributed by atoms with Gasteiger partial charge in [-0.05, 0) is 33.1 Å². The lowest BCUT2D eigenvalue weighted by molar-refractivity contribution is -0.149. The zero-order chi connectivity index (χ0) is 17.4. The number of esters is 1. The number of halogens is 1. The summed E-state index contributed by atoms with van der Waals surface area (Å²) < 4.78 is 5.12. The van der Waals surface area contributed by atoms with Crippen LogP contribution in [0.5, 0.6) is 0 Å². The van der Waals surface area contributed by atoms with Crippen molar-refractivity contribution >= 4 is 47.2 Å². The smallest absolute Gasteiger partial charge is 0.309 e. The molecule has 25 heavy (non-hydrogen) atoms. The van der Waals surface area contributed by atoms with E-state index < -0.39 is 0 Å². The number of aromatic nitrogens is 1. The second-order valence-electron chi connectivity index (χ2n) is 5.97. The molecule has 2 heterocycles. The standard InChI is InChI=1S/C17H28N4O2S.HI/c1-4-23-16(22)14-7-10-21(11-8-14)17(18-3)19-9-5-6-15-20-13(2)12-24-15;/h12,14H,4-11H2,1-3H3,(H,18,19);1H. The largest absolute Gasteiger partial charge is 0.466 e. The van der Waals surface area contributed by atoms with Crippen LogP contribution in [0.4, 0.5) is 0 Å². The van der Waals surface area contributed by atoms with Gasteiger partial charge >= 0.3 is 5.97 Å². The summed E-state index contributed by atoms with van der Waals surface area (Å²) in [5.41, 5.74) is 1.10. The van der Waals surface area contributed by atoms with Crippen LogP contribution in [0.3, 0.4) is 0 Å². The fourth-order valence-electron chi connectivity index (χ4n) is 2.88. The maximum atomic E-state index is 11.8. The molecule has 8 heteroatoms. The molecule has 0 aromatic carbocycles. The van der Waals surface area contributed by atoms with E-state index >= 15 is 0 Å². The molecule has 1 N–H and O–H groups in total. The summed E-state index contributed by atoms with van der Waals surface area (Å²) in [7, 11) is 1.81. The van der Waals surface area contributed by atoms with Crippen molar-refractivity contribution in [3.63, 3.8) is 0 Å². The van der Waals surface area contributed by atoms with E-state index in [0.717, 1.165) is 57.0 Å². The number of thiazole rings is 1. The van der Waals surface area contributed by atoms with Gasteiger partial charge < -0.3 is 15.0 Å². The fourth-order valence-corrected chi connectivity index (χ4v) is 3.69. The molecule has 142 valence electrons. The van der Waals surface area contributed by atoms with Gasteiger partial charge in [-0.25, -0.2) is 4.98 Å². The van der Waals surface area contributed by atoms with Gasteiger partial charge in [0.05, 0.1) is 17.5 Å². The number of hydrogen-bond donors (Lipinski definition) is 1. The Labute approximate surface area is 171 Å². The van der Waals surface area contributed by atoms with Gasteiger partial charge in [-0.15, -0.1) is 35.3 Å². The van der Waals surface area contributed by atoms with E-state index in [1.807, 2.05) is 20.9 Å². The first-order chi connectivity index (χ1) is 11.6. The van der Waals surface area contributed by atoms with Crippen molar-refractivity contribution in [3.8, 4) is 0 Å². The molecule has 0 unspecified atom stereocenters. The quantitative estimate of drug-likeness (QED) is 0.223. The van der Waals surface area contributed by atoms with E-state index in [0.29, 0.717) is 6.61 Å². The Morgan fingerprint density at radius 3 is 2.76 bits per heavy atom. The van der Waals surface area contributed by atoms with E-state index in [9.17, 15) is 4.79 Å². The Balaban J connectivity index is 0.00000312. The third-order valence-corrected chi connectivity index (χ3v) is 5.17. The van der Waals surface area contributed by atoms with Gasteiger partial charge in [-0.2, -0.15) is 0 Å². The summed E-state index contributed by atoms with van der Waals surface area (Å²) in [5, 5.41) is 6.71. The first-order valence-corrected chi connectivity index (χ1v) is 9.55. The minimum atomic E-state index is -0.0566. The molecule has 1 saturated heterocycles. The topological polar surface area (TPSA) is 66.8 Å². The van der Waals surface area contributed by atoms with Crippen LogP contribution in [-0.2, 0) is 16.0 Å². The molecule has 1 aromatic rings. The average Bonchev–Trinajstić information content (AvgIpc) is 3.01. The molecule has 0 atom stereocenters. The lowest BCUT2D eigenvalue weighted by Gasteiger charge is -2.33. The van der Waals surface area contributed by atoms with Crippen LogP contribution in [0.25, 0.3) is 0 Å². The van der Waals surface area contributed by atoms with E-state index in [1.54, 1.807) is 11.3 Å². The number of likely N-dealkylation sites (tertiary alicyclic amines) is 1. The Morgan fingerprint density at radius 2 is 2.20 bits per heavy atom. The Hall–Kier alpha value is -0.900. The molecule has 0 aliphatic carbocycles. The van der Waals surface area contributed by atoms with Gasteiger partial charge in [-0.3, -0.25) is 9.79 Å². The molecule has 1 fully saturated rings. The number of carbonyl (C=O) groups excluding carboxylic acids is 1. The lowest BCUT2D eigenvalue weighted by atomic mass is 9.97. The molecule has 1 aliphatic rings. The number of piperidine rings is 1. The summed E-state index contributed by atoms with van der Waals surface area (Å²) in [6, 6.07) is 0. The lowest BCUT2D eigenvalue weighted by Crippen LogP contribution is -2.47. The second kappa shape index (κ2) is 11.7. The van der Waals surface area contributed by atoms with Crippen LogP contribution in [0.15, 0.2) is 10.4 Å². The van der Waals surface area contributed by atoms with Crippen molar-refractivity contribution in [2.75, 3.05) is 33.3 Å². The van der Waals surface area contributed by atoms with Crippen LogP contribution in [-0.4, -0.2) is 55.1 Å². The van der Waals surface area contributed by atoms with Gasteiger partial charge in [0.1, 0.15) is 0 Å². The van der Waals surface area contributed by atoms with Gasteiger partial charge in [0.15, 0.2) is 5.96 Å². The summed E-state index contributed by atoms with van der Waals surface area (Å²) >= 11 is 1.73. The van der Waals surface area contributed by atoms with E-state index in [-0.39, 0.29) is 35.9 Å². The predicted octanol–water partition coefficient (Wildman–Crippen LogP) is 2.85. The minimum absolute atomic E-state index is 0. The SMILES string of the molecule is CCOC(=O)C1CCN(C(=NC)NCCCc2nc(C)cs2)CC1.I. The van der Waals surface area contributed by atoms with Crippen LogP contribution in [0.2, 0.25) is 0 Å². The highest BCUT2D eigenvalue weighted by Gasteiger charge is 2.27. The molecule has 0 bridgehead atoms. The molecule has 0 saturated carbocycles. The van der Waals surface area contributed by atoms with Gasteiger partial charge in [0.2, 0.25) is 0 Å². The zero-order valence-electron chi connectivity index (χ0n) is 15.3. The summed E-state index contributed by atoms with van der Waals surface area (Å²) in [4.78, 5) is 22.9. The van der Waals surface area contributed by atoms with Gasteiger partial charge in [0, 0.05) is 44.2 Å². The number of hydrogen-bond acceptors (Lipinski definition) is 5. The highest BCUT2D eigenvalue weighted by atomic mass is 127. The highest BCUT2D eigenvalue weighted by Crippen LogP contribution is 2.18. The molecule has 6 nitrogen and oxygen atoms in total. The third kappa shape index (κ3) is 7.08. The fraction of sp³-hybridized carbons (Fsp3) is 0.706. The monoisotopic (exact) mass is 480 g/mol. The summed E-state index contributed by atoms with van der Waals surface area (Å²) in [6.45, 7) is 6.90. The molecule has 2 rings (SSSR count). The Bertz CT molecular complexity index is 557. The molecule has 0 amide bonds. The minimum Gasteiger partial charge on any atom is -0.466 e. The van der Waals surface area contributed by atoms with Crippen LogP contribution >= 0.6 is 35.3 Å². The number of ether oxygens (including phenoxy) is 1. The normalized spacial score (nSPS) is 15.6. The van der Waals surface area contributed by atoms with Crippen molar-refractivity contribution in [3.05, 3.63) is 16.1 Å². The van der Waals surface area contributed by atoms with Crippen LogP contribution in [0.1, 0.15) is 36.9 Å². The maximum absolute atomic E-state index is 11.8. The van der Waals surface area contributed by atoms with Gasteiger partial charge in [0.25, 0.3) is 0 Å². The van der Waals surface area contributed by atoms with E-state index in [4.69, 9.17) is 4.74 Å². The second-order valence-corrected chi connectivity index (χ2v) is 6.92. The Kier molecular flexibility index (Phi) is 10.3. The number of carbonyl (C=O) groups is 1. The number of rotatable bonds is 6. The number of aliphatic imine (C=N–C) groups is 1. The average molecular weight is 480 g/mol. The first-order valence-electron chi connectivity index (χ1n) is 8.67.